The smallest absolute Gasteiger partial charge is 0.286 e. The van der Waals surface area contributed by atoms with Gasteiger partial charge in [0.1, 0.15) is 0 Å². The lowest BCUT2D eigenvalue weighted by Crippen LogP contribution is -2.25. The molecular weight excluding hydrogens is 338 g/mol. The van der Waals surface area contributed by atoms with Crippen molar-refractivity contribution in [3.63, 3.8) is 0 Å². The zero-order valence-electron chi connectivity index (χ0n) is 10.6. The van der Waals surface area contributed by atoms with Gasteiger partial charge in [0.15, 0.2) is 5.76 Å². The average Bonchev–Trinajstić information content (AvgIpc) is 3.08. The normalized spacial score (nSPS) is 10.8. The monoisotopic (exact) mass is 349 g/mol. The van der Waals surface area contributed by atoms with E-state index in [2.05, 4.69) is 38.8 Å². The van der Waals surface area contributed by atoms with E-state index >= 15 is 0 Å². The van der Waals surface area contributed by atoms with Crippen LogP contribution in [0.1, 0.15) is 16.1 Å². The van der Waals surface area contributed by atoms with Crippen LogP contribution in [0, 0.1) is 0 Å². The molecule has 0 fully saturated rings. The summed E-state index contributed by atoms with van der Waals surface area (Å²) in [6, 6.07) is 9.64. The molecule has 0 saturated heterocycles. The van der Waals surface area contributed by atoms with Crippen molar-refractivity contribution < 1.29 is 9.21 Å². The third kappa shape index (κ3) is 2.78. The Labute approximate surface area is 128 Å². The fraction of sp³-hybridized carbons (Fsp3) is 0.133. The highest BCUT2D eigenvalue weighted by Crippen LogP contribution is 2.28. The maximum absolute atomic E-state index is 11.7. The number of benzene rings is 1. The topological polar surface area (TPSA) is 42.2 Å². The van der Waals surface area contributed by atoms with Crippen LogP contribution in [0.3, 0.4) is 0 Å². The number of fused-ring (bicyclic) bond motifs is 1. The molecule has 1 amide bonds. The van der Waals surface area contributed by atoms with Crippen molar-refractivity contribution in [1.82, 2.24) is 5.32 Å². The number of rotatable bonds is 4. The number of furan rings is 1. The van der Waals surface area contributed by atoms with Crippen molar-refractivity contribution in [3.8, 4) is 0 Å². The Bertz CT molecular complexity index is 734. The second-order valence-corrected chi connectivity index (χ2v) is 6.21. The predicted octanol–water partition coefficient (Wildman–Crippen LogP) is 4.23. The summed E-state index contributed by atoms with van der Waals surface area (Å²) in [5, 5.41) is 6.26. The van der Waals surface area contributed by atoms with Crippen LogP contribution in [0.2, 0.25) is 0 Å². The Morgan fingerprint density at radius 3 is 3.05 bits per heavy atom. The van der Waals surface area contributed by atoms with Gasteiger partial charge in [0.2, 0.25) is 0 Å². The van der Waals surface area contributed by atoms with Crippen molar-refractivity contribution >= 4 is 43.3 Å². The van der Waals surface area contributed by atoms with Crippen LogP contribution in [0.4, 0.5) is 0 Å². The molecule has 0 aliphatic carbocycles. The molecule has 3 rings (SSSR count). The third-order valence-electron chi connectivity index (χ3n) is 3.04. The first-order valence-electron chi connectivity index (χ1n) is 6.21. The van der Waals surface area contributed by atoms with E-state index in [9.17, 15) is 4.79 Å². The van der Waals surface area contributed by atoms with Crippen LogP contribution in [0.15, 0.2) is 50.9 Å². The highest BCUT2D eigenvalue weighted by molar-refractivity contribution is 9.10. The van der Waals surface area contributed by atoms with Gasteiger partial charge in [0.05, 0.1) is 6.26 Å². The summed E-state index contributed by atoms with van der Waals surface area (Å²) in [5.41, 5.74) is 1.26. The van der Waals surface area contributed by atoms with Gasteiger partial charge in [-0.3, -0.25) is 4.79 Å². The van der Waals surface area contributed by atoms with Gasteiger partial charge in [-0.1, -0.05) is 15.9 Å². The van der Waals surface area contributed by atoms with Gasteiger partial charge >= 0.3 is 0 Å². The molecule has 20 heavy (non-hydrogen) atoms. The van der Waals surface area contributed by atoms with Crippen molar-refractivity contribution in [2.45, 2.75) is 6.42 Å². The standard InChI is InChI=1S/C15H12BrNO2S/c16-11-3-4-14-12(8-11)10(9-20-14)5-6-17-15(18)13-2-1-7-19-13/h1-4,7-9H,5-6H2,(H,17,18). The Morgan fingerprint density at radius 1 is 1.35 bits per heavy atom. The van der Waals surface area contributed by atoms with Crippen molar-refractivity contribution in [1.29, 1.82) is 0 Å². The van der Waals surface area contributed by atoms with Crippen LogP contribution in [-0.4, -0.2) is 12.5 Å². The number of nitrogens with one attached hydrogen (secondary N) is 1. The molecule has 0 unspecified atom stereocenters. The lowest BCUT2D eigenvalue weighted by Gasteiger charge is -2.03. The molecule has 1 N–H and O–H groups in total. The van der Waals surface area contributed by atoms with Crippen molar-refractivity contribution in [2.24, 2.45) is 0 Å². The Hall–Kier alpha value is -1.59. The van der Waals surface area contributed by atoms with E-state index in [-0.39, 0.29) is 5.91 Å². The van der Waals surface area contributed by atoms with Crippen LogP contribution in [0.25, 0.3) is 10.1 Å². The molecular formula is C15H12BrNO2S. The minimum absolute atomic E-state index is 0.171. The number of hydrogen-bond acceptors (Lipinski definition) is 3. The number of thiophene rings is 1. The molecule has 1 aromatic carbocycles. The second kappa shape index (κ2) is 5.81. The molecule has 0 bridgehead atoms. The molecule has 0 aliphatic rings. The summed E-state index contributed by atoms with van der Waals surface area (Å²) in [4.78, 5) is 11.7. The molecule has 0 spiro atoms. The maximum atomic E-state index is 11.7. The average molecular weight is 350 g/mol. The first-order valence-corrected chi connectivity index (χ1v) is 7.88. The summed E-state index contributed by atoms with van der Waals surface area (Å²) in [5.74, 6) is 0.179. The van der Waals surface area contributed by atoms with Gasteiger partial charge in [-0.15, -0.1) is 11.3 Å². The molecule has 2 aromatic heterocycles. The number of carbonyl (C=O) groups excluding carboxylic acids is 1. The molecule has 3 nitrogen and oxygen atoms in total. The Balaban J connectivity index is 1.65. The van der Waals surface area contributed by atoms with E-state index < -0.39 is 0 Å². The van der Waals surface area contributed by atoms with Gasteiger partial charge in [0.25, 0.3) is 5.91 Å². The second-order valence-electron chi connectivity index (χ2n) is 4.38. The first kappa shape index (κ1) is 13.4. The van der Waals surface area contributed by atoms with Gasteiger partial charge in [-0.25, -0.2) is 0 Å². The summed E-state index contributed by atoms with van der Waals surface area (Å²) < 4.78 is 7.39. The van der Waals surface area contributed by atoms with E-state index in [1.807, 2.05) is 6.07 Å². The molecule has 0 saturated carbocycles. The molecule has 102 valence electrons. The maximum Gasteiger partial charge on any atom is 0.286 e. The van der Waals surface area contributed by atoms with E-state index in [0.29, 0.717) is 12.3 Å². The van der Waals surface area contributed by atoms with Crippen LogP contribution in [0.5, 0.6) is 0 Å². The zero-order valence-corrected chi connectivity index (χ0v) is 13.0. The number of carbonyl (C=O) groups is 1. The predicted molar refractivity (Wildman–Crippen MR) is 84.3 cm³/mol. The molecule has 2 heterocycles. The van der Waals surface area contributed by atoms with Crippen LogP contribution >= 0.6 is 27.3 Å². The first-order chi connectivity index (χ1) is 9.74. The van der Waals surface area contributed by atoms with Gasteiger partial charge in [-0.2, -0.15) is 0 Å². The summed E-state index contributed by atoms with van der Waals surface area (Å²) in [7, 11) is 0. The molecule has 0 atom stereocenters. The highest BCUT2D eigenvalue weighted by atomic mass is 79.9. The van der Waals surface area contributed by atoms with Crippen LogP contribution < -0.4 is 5.32 Å². The molecule has 3 aromatic rings. The molecule has 0 aliphatic heterocycles. The van der Waals surface area contributed by atoms with E-state index in [4.69, 9.17) is 4.42 Å². The van der Waals surface area contributed by atoms with Crippen molar-refractivity contribution in [2.75, 3.05) is 6.54 Å². The lowest BCUT2D eigenvalue weighted by atomic mass is 10.1. The summed E-state index contributed by atoms with van der Waals surface area (Å²) in [6.07, 6.45) is 2.31. The van der Waals surface area contributed by atoms with Crippen LogP contribution in [-0.2, 0) is 6.42 Å². The lowest BCUT2D eigenvalue weighted by molar-refractivity contribution is 0.0926. The van der Waals surface area contributed by atoms with Crippen molar-refractivity contribution in [3.05, 3.63) is 57.8 Å². The fourth-order valence-corrected chi connectivity index (χ4v) is 3.39. The highest BCUT2D eigenvalue weighted by Gasteiger charge is 2.09. The van der Waals surface area contributed by atoms with Gasteiger partial charge in [-0.05, 0) is 53.1 Å². The zero-order chi connectivity index (χ0) is 13.9. The fourth-order valence-electron chi connectivity index (χ4n) is 2.05. The number of halogens is 1. The third-order valence-corrected chi connectivity index (χ3v) is 4.55. The minimum Gasteiger partial charge on any atom is -0.459 e. The largest absolute Gasteiger partial charge is 0.459 e. The number of hydrogen-bond donors (Lipinski definition) is 1. The quantitative estimate of drug-likeness (QED) is 0.765. The molecule has 5 heteroatoms. The van der Waals surface area contributed by atoms with E-state index in [1.54, 1.807) is 23.5 Å². The Morgan fingerprint density at radius 2 is 2.25 bits per heavy atom. The Kier molecular flexibility index (Phi) is 3.89. The SMILES string of the molecule is O=C(NCCc1csc2ccc(Br)cc12)c1ccco1. The summed E-state index contributed by atoms with van der Waals surface area (Å²) in [6.45, 7) is 0.595. The molecule has 0 radical (unpaired) electrons. The minimum atomic E-state index is -0.171. The van der Waals surface area contributed by atoms with E-state index in [0.717, 1.165) is 10.9 Å². The van der Waals surface area contributed by atoms with Gasteiger partial charge < -0.3 is 9.73 Å². The van der Waals surface area contributed by atoms with Gasteiger partial charge in [0, 0.05) is 15.7 Å². The number of amides is 1. The summed E-state index contributed by atoms with van der Waals surface area (Å²) >= 11 is 5.22. The van der Waals surface area contributed by atoms with E-state index in [1.165, 1.54) is 21.9 Å².